The molecule has 1 aliphatic rings. The maximum atomic E-state index is 13.9. The first-order valence-corrected chi connectivity index (χ1v) is 18.9. The Morgan fingerprint density at radius 2 is 1.40 bits per heavy atom. The van der Waals surface area contributed by atoms with E-state index in [4.69, 9.17) is 26.4 Å². The van der Waals surface area contributed by atoms with Crippen LogP contribution in [0.5, 0.6) is 5.75 Å². The molecule has 9 heteroatoms. The molecule has 2 aromatic carbocycles. The van der Waals surface area contributed by atoms with E-state index in [-0.39, 0.29) is 6.54 Å². The highest BCUT2D eigenvalue weighted by atomic mass is 32.1. The van der Waals surface area contributed by atoms with E-state index in [9.17, 15) is 9.59 Å². The molecule has 0 saturated carbocycles. The molecule has 2 heterocycles. The van der Waals surface area contributed by atoms with E-state index in [2.05, 4.69) is 23.3 Å². The van der Waals surface area contributed by atoms with Crippen LogP contribution >= 0.6 is 12.2 Å². The van der Waals surface area contributed by atoms with Crippen molar-refractivity contribution < 1.29 is 23.8 Å². The average molecular weight is 704 g/mol. The van der Waals surface area contributed by atoms with E-state index < -0.39 is 17.9 Å². The number of fused-ring (bicyclic) bond motifs is 1. The molecule has 1 aliphatic heterocycles. The van der Waals surface area contributed by atoms with Crippen LogP contribution in [0, 0.1) is 11.7 Å². The number of nitrogens with zero attached hydrogens (tertiary/aromatic N) is 1. The predicted molar refractivity (Wildman–Crippen MR) is 204 cm³/mol. The molecular weight excluding hydrogens is 647 g/mol. The molecule has 0 saturated heterocycles. The number of hydrogen-bond donors (Lipinski definition) is 2. The van der Waals surface area contributed by atoms with Gasteiger partial charge in [-0.25, -0.2) is 9.59 Å². The molecule has 0 spiro atoms. The third-order valence-electron chi connectivity index (χ3n) is 9.92. The second-order valence-electron chi connectivity index (χ2n) is 13.5. The van der Waals surface area contributed by atoms with Crippen molar-refractivity contribution in [3.05, 3.63) is 80.4 Å². The minimum atomic E-state index is -0.777. The number of aromatic nitrogens is 2. The highest BCUT2D eigenvalue weighted by Gasteiger charge is 2.41. The number of H-pyrrole nitrogens is 1. The molecule has 2 N–H and O–H groups in total. The van der Waals surface area contributed by atoms with Crippen LogP contribution in [0.4, 0.5) is 0 Å². The van der Waals surface area contributed by atoms with Crippen molar-refractivity contribution in [2.75, 3.05) is 21.3 Å². The molecule has 50 heavy (non-hydrogen) atoms. The number of dihydropyridines is 1. The lowest BCUT2D eigenvalue weighted by molar-refractivity contribution is -0.137. The van der Waals surface area contributed by atoms with Crippen LogP contribution in [0.1, 0.15) is 120 Å². The first-order chi connectivity index (χ1) is 24.2. The summed E-state index contributed by atoms with van der Waals surface area (Å²) in [4.78, 5) is 30.7. The van der Waals surface area contributed by atoms with E-state index in [1.54, 1.807) is 7.11 Å². The van der Waals surface area contributed by atoms with Crippen molar-refractivity contribution in [3.8, 4) is 5.75 Å². The number of hydrogen-bond acceptors (Lipinski definition) is 7. The van der Waals surface area contributed by atoms with E-state index in [1.807, 2.05) is 48.7 Å². The standard InChI is InChI=1S/C41H57N3O5S/c1-7-8-9-10-11-12-13-14-15-16-17-18-19-21-30-22-20-23-34(47-4)36(30)38-35(39(45)48-5)29(3)42-32(37(38)40(46)49-6)27-44-33-25-24-28(2)26-31(33)43-41(44)50/h20,22-26,38,42H,7-19,21,27H2,1-6H3,(H,43,50). The predicted octanol–water partition coefficient (Wildman–Crippen LogP) is 9.91. The zero-order valence-electron chi connectivity index (χ0n) is 31.0. The summed E-state index contributed by atoms with van der Waals surface area (Å²) < 4.78 is 19.2. The normalized spacial score (nSPS) is 14.6. The second kappa shape index (κ2) is 19.5. The number of esters is 2. The van der Waals surface area contributed by atoms with Gasteiger partial charge in [0.1, 0.15) is 5.75 Å². The van der Waals surface area contributed by atoms with Crippen LogP contribution in [0.25, 0.3) is 11.0 Å². The van der Waals surface area contributed by atoms with E-state index in [0.29, 0.717) is 33.1 Å². The van der Waals surface area contributed by atoms with Gasteiger partial charge in [0.2, 0.25) is 0 Å². The highest BCUT2D eigenvalue weighted by Crippen LogP contribution is 2.45. The minimum absolute atomic E-state index is 0.262. The number of carbonyl (C=O) groups excluding carboxylic acids is 2. The van der Waals surface area contributed by atoms with E-state index >= 15 is 0 Å². The van der Waals surface area contributed by atoms with Gasteiger partial charge in [-0.2, -0.15) is 0 Å². The van der Waals surface area contributed by atoms with Gasteiger partial charge < -0.3 is 29.1 Å². The number of carbonyl (C=O) groups is 2. The van der Waals surface area contributed by atoms with E-state index in [0.717, 1.165) is 47.0 Å². The number of nitrogens with one attached hydrogen (secondary N) is 2. The Labute approximate surface area is 303 Å². The third kappa shape index (κ3) is 9.68. The highest BCUT2D eigenvalue weighted by molar-refractivity contribution is 7.71. The van der Waals surface area contributed by atoms with Gasteiger partial charge in [-0.05, 0) is 68.2 Å². The van der Waals surface area contributed by atoms with Gasteiger partial charge in [-0.15, -0.1) is 0 Å². The van der Waals surface area contributed by atoms with E-state index in [1.165, 1.54) is 84.8 Å². The SMILES string of the molecule is CCCCCCCCCCCCCCCc1cccc(OC)c1C1C(C(=O)OC)=C(C)NC(Cn2c(=S)[nH]c3cc(C)ccc32)=C1C(=O)OC. The summed E-state index contributed by atoms with van der Waals surface area (Å²) >= 11 is 5.75. The third-order valence-corrected chi connectivity index (χ3v) is 10.2. The van der Waals surface area contributed by atoms with Gasteiger partial charge in [-0.3, -0.25) is 0 Å². The quantitative estimate of drug-likeness (QED) is 0.0687. The summed E-state index contributed by atoms with van der Waals surface area (Å²) in [7, 11) is 4.35. The monoisotopic (exact) mass is 703 g/mol. The van der Waals surface area contributed by atoms with Crippen molar-refractivity contribution in [2.45, 2.75) is 123 Å². The summed E-state index contributed by atoms with van der Waals surface area (Å²) in [6.07, 6.45) is 17.4. The number of aryl methyl sites for hydroxylation is 2. The zero-order valence-corrected chi connectivity index (χ0v) is 31.9. The lowest BCUT2D eigenvalue weighted by Crippen LogP contribution is -2.35. The Morgan fingerprint density at radius 1 is 0.800 bits per heavy atom. The largest absolute Gasteiger partial charge is 0.496 e. The fourth-order valence-corrected chi connectivity index (χ4v) is 7.55. The average Bonchev–Trinajstić information content (AvgIpc) is 3.42. The Kier molecular flexibility index (Phi) is 15.2. The van der Waals surface area contributed by atoms with Crippen LogP contribution in [-0.4, -0.2) is 42.8 Å². The van der Waals surface area contributed by atoms with Crippen molar-refractivity contribution in [2.24, 2.45) is 0 Å². The molecule has 1 atom stereocenters. The molecular formula is C41H57N3O5S. The first kappa shape index (κ1) is 38.9. The number of aromatic amines is 1. The van der Waals surface area contributed by atoms with Crippen LogP contribution in [0.3, 0.4) is 0 Å². The number of benzene rings is 2. The summed E-state index contributed by atoms with van der Waals surface area (Å²) in [6.45, 7) is 6.40. The molecule has 0 bridgehead atoms. The van der Waals surface area contributed by atoms with Crippen LogP contribution in [0.2, 0.25) is 0 Å². The molecule has 1 aromatic heterocycles. The van der Waals surface area contributed by atoms with Crippen LogP contribution < -0.4 is 10.1 Å². The van der Waals surface area contributed by atoms with Gasteiger partial charge in [0.15, 0.2) is 4.77 Å². The Bertz CT molecular complexity index is 1730. The molecule has 3 aromatic rings. The minimum Gasteiger partial charge on any atom is -0.496 e. The van der Waals surface area contributed by atoms with Gasteiger partial charge >= 0.3 is 11.9 Å². The Balaban J connectivity index is 1.60. The summed E-state index contributed by atoms with van der Waals surface area (Å²) in [6, 6.07) is 12.1. The molecule has 8 nitrogen and oxygen atoms in total. The topological polar surface area (TPSA) is 94.6 Å². The lowest BCUT2D eigenvalue weighted by atomic mass is 9.77. The summed E-state index contributed by atoms with van der Waals surface area (Å²) in [5, 5.41) is 3.38. The van der Waals surface area contributed by atoms with Crippen molar-refractivity contribution >= 4 is 35.2 Å². The number of methoxy groups -OCH3 is 3. The molecule has 0 aliphatic carbocycles. The number of allylic oxidation sites excluding steroid dienone is 2. The smallest absolute Gasteiger partial charge is 0.336 e. The Hall–Kier alpha value is -3.85. The molecule has 1 unspecified atom stereocenters. The molecule has 4 rings (SSSR count). The van der Waals surface area contributed by atoms with Gasteiger partial charge in [0.05, 0.1) is 56.0 Å². The van der Waals surface area contributed by atoms with Crippen molar-refractivity contribution in [1.82, 2.24) is 14.9 Å². The van der Waals surface area contributed by atoms with Gasteiger partial charge in [0, 0.05) is 17.0 Å². The van der Waals surface area contributed by atoms with Crippen LogP contribution in [-0.2, 0) is 32.0 Å². The maximum Gasteiger partial charge on any atom is 0.336 e. The first-order valence-electron chi connectivity index (χ1n) is 18.5. The number of rotatable bonds is 20. The molecule has 0 fully saturated rings. The van der Waals surface area contributed by atoms with Crippen molar-refractivity contribution in [3.63, 3.8) is 0 Å². The number of unbranched alkanes of at least 4 members (excludes halogenated alkanes) is 12. The summed E-state index contributed by atoms with van der Waals surface area (Å²) in [5.74, 6) is -1.22. The summed E-state index contributed by atoms with van der Waals surface area (Å²) in [5.41, 5.74) is 6.64. The second-order valence-corrected chi connectivity index (χ2v) is 13.9. The molecule has 272 valence electrons. The fraction of sp³-hybridized carbons (Fsp3) is 0.537. The van der Waals surface area contributed by atoms with Crippen molar-refractivity contribution in [1.29, 1.82) is 0 Å². The number of ether oxygens (including phenoxy) is 3. The number of imidazole rings is 1. The fourth-order valence-electron chi connectivity index (χ4n) is 7.28. The maximum absolute atomic E-state index is 13.9. The van der Waals surface area contributed by atoms with Crippen LogP contribution in [0.15, 0.2) is 58.9 Å². The molecule has 0 amide bonds. The molecule has 0 radical (unpaired) electrons. The van der Waals surface area contributed by atoms with Gasteiger partial charge in [0.25, 0.3) is 0 Å². The lowest BCUT2D eigenvalue weighted by Gasteiger charge is -2.33. The zero-order chi connectivity index (χ0) is 36.0. The van der Waals surface area contributed by atoms with Gasteiger partial charge in [-0.1, -0.05) is 102 Å². The Morgan fingerprint density at radius 3 is 2.00 bits per heavy atom.